The number of hydrogen-bond donors (Lipinski definition) is 1. The number of unbranched alkanes of at least 4 members (excludes halogenated alkanes) is 1. The van der Waals surface area contributed by atoms with Gasteiger partial charge in [-0.05, 0) is 55.2 Å². The molecular formula is C27H28F3NO4. The van der Waals surface area contributed by atoms with Crippen molar-refractivity contribution < 1.29 is 32.5 Å². The van der Waals surface area contributed by atoms with Crippen molar-refractivity contribution in [1.29, 1.82) is 0 Å². The smallest absolute Gasteiger partial charge is 0.416 e. The summed E-state index contributed by atoms with van der Waals surface area (Å²) < 4.78 is 50.4. The Morgan fingerprint density at radius 2 is 1.83 bits per heavy atom. The normalized spacial score (nSPS) is 12.3. The van der Waals surface area contributed by atoms with Gasteiger partial charge in [-0.15, -0.1) is 0 Å². The molecule has 0 saturated carbocycles. The summed E-state index contributed by atoms with van der Waals surface area (Å²) in [5.41, 5.74) is 1.88. The van der Waals surface area contributed by atoms with E-state index >= 15 is 0 Å². The monoisotopic (exact) mass is 487 g/mol. The number of halogens is 3. The number of carboxylic acid groups (broad SMARTS) is 1. The van der Waals surface area contributed by atoms with Crippen LogP contribution in [0.2, 0.25) is 0 Å². The number of methoxy groups -OCH3 is 1. The molecule has 0 aliphatic heterocycles. The van der Waals surface area contributed by atoms with Crippen molar-refractivity contribution in [3.8, 4) is 22.8 Å². The Balaban J connectivity index is 1.85. The zero-order valence-electron chi connectivity index (χ0n) is 19.6. The lowest BCUT2D eigenvalue weighted by Gasteiger charge is -2.20. The van der Waals surface area contributed by atoms with E-state index in [-0.39, 0.29) is 12.5 Å². The van der Waals surface area contributed by atoms with Gasteiger partial charge in [0.25, 0.3) is 0 Å². The van der Waals surface area contributed by atoms with Gasteiger partial charge in [0.2, 0.25) is 0 Å². The zero-order valence-corrected chi connectivity index (χ0v) is 19.6. The number of carbonyl (C=O) groups is 1. The first kappa shape index (κ1) is 26.1. The van der Waals surface area contributed by atoms with Crippen LogP contribution in [0.25, 0.3) is 11.3 Å². The van der Waals surface area contributed by atoms with E-state index in [4.69, 9.17) is 19.6 Å². The Labute approximate surface area is 202 Å². The Morgan fingerprint density at radius 1 is 1.09 bits per heavy atom. The Hall–Kier alpha value is -3.55. The van der Waals surface area contributed by atoms with Gasteiger partial charge in [0.15, 0.2) is 0 Å². The van der Waals surface area contributed by atoms with Gasteiger partial charge < -0.3 is 14.6 Å². The lowest BCUT2D eigenvalue weighted by Crippen LogP contribution is -2.10. The van der Waals surface area contributed by atoms with E-state index in [1.165, 1.54) is 19.2 Å². The maximum absolute atomic E-state index is 12.9. The summed E-state index contributed by atoms with van der Waals surface area (Å²) in [5.74, 6) is 0.222. The molecule has 5 nitrogen and oxygen atoms in total. The summed E-state index contributed by atoms with van der Waals surface area (Å²) in [5, 5.41) is 8.95. The quantitative estimate of drug-likeness (QED) is 0.312. The van der Waals surface area contributed by atoms with E-state index < -0.39 is 17.7 Å². The van der Waals surface area contributed by atoms with Crippen molar-refractivity contribution in [2.75, 3.05) is 7.11 Å². The fraction of sp³-hybridized carbons (Fsp3) is 0.333. The minimum Gasteiger partial charge on any atom is -0.496 e. The Bertz CT molecular complexity index is 1130. The van der Waals surface area contributed by atoms with Crippen molar-refractivity contribution in [3.05, 3.63) is 77.5 Å². The summed E-state index contributed by atoms with van der Waals surface area (Å²) in [7, 11) is 1.52. The van der Waals surface area contributed by atoms with E-state index in [1.807, 2.05) is 12.1 Å². The summed E-state index contributed by atoms with van der Waals surface area (Å²) in [4.78, 5) is 15.6. The van der Waals surface area contributed by atoms with Crippen molar-refractivity contribution in [1.82, 2.24) is 4.98 Å². The van der Waals surface area contributed by atoms with E-state index in [9.17, 15) is 18.0 Å². The maximum Gasteiger partial charge on any atom is 0.416 e. The van der Waals surface area contributed by atoms with Crippen molar-refractivity contribution in [2.24, 2.45) is 0 Å². The Kier molecular flexibility index (Phi) is 8.73. The first-order valence-electron chi connectivity index (χ1n) is 11.4. The molecule has 3 aromatic rings. The standard InChI is InChI=1S/C27H28F3NO4/c1-3-4-8-24(35-21-15-11-19(12-16-26(32)33)25(17-21)34-2)23-7-5-6-22(31-23)18-9-13-20(14-10-18)27(28,29)30/h5-7,9-11,13-15,17,24H,3-4,8,12,16H2,1-2H3,(H,32,33)/t24-/m0/s1. The summed E-state index contributed by atoms with van der Waals surface area (Å²) >= 11 is 0. The minimum absolute atomic E-state index is 0.00362. The molecule has 186 valence electrons. The molecule has 3 rings (SSSR count). The number of hydrogen-bond acceptors (Lipinski definition) is 4. The van der Waals surface area contributed by atoms with Crippen LogP contribution in [-0.2, 0) is 17.4 Å². The summed E-state index contributed by atoms with van der Waals surface area (Å²) in [6.07, 6.45) is -1.88. The van der Waals surface area contributed by atoms with Gasteiger partial charge in [0, 0.05) is 18.1 Å². The number of aliphatic carboxylic acids is 1. The average molecular weight is 488 g/mol. The van der Waals surface area contributed by atoms with Crippen LogP contribution in [-0.4, -0.2) is 23.2 Å². The van der Waals surface area contributed by atoms with Gasteiger partial charge in [-0.1, -0.05) is 37.6 Å². The molecule has 8 heteroatoms. The molecule has 2 aromatic carbocycles. The molecular weight excluding hydrogens is 459 g/mol. The highest BCUT2D eigenvalue weighted by Crippen LogP contribution is 2.33. The van der Waals surface area contributed by atoms with Crippen molar-refractivity contribution in [2.45, 2.75) is 51.3 Å². The zero-order chi connectivity index (χ0) is 25.4. The highest BCUT2D eigenvalue weighted by atomic mass is 19.4. The van der Waals surface area contributed by atoms with Gasteiger partial charge in [-0.3, -0.25) is 4.79 Å². The van der Waals surface area contributed by atoms with Crippen molar-refractivity contribution in [3.63, 3.8) is 0 Å². The largest absolute Gasteiger partial charge is 0.496 e. The molecule has 35 heavy (non-hydrogen) atoms. The number of benzene rings is 2. The molecule has 0 spiro atoms. The lowest BCUT2D eigenvalue weighted by atomic mass is 10.0. The molecule has 0 aliphatic rings. The first-order valence-corrected chi connectivity index (χ1v) is 11.4. The number of ether oxygens (including phenoxy) is 2. The number of aromatic nitrogens is 1. The van der Waals surface area contributed by atoms with E-state index in [0.717, 1.165) is 30.5 Å². The van der Waals surface area contributed by atoms with Crippen LogP contribution in [0.3, 0.4) is 0 Å². The van der Waals surface area contributed by atoms with Gasteiger partial charge in [0.1, 0.15) is 17.6 Å². The van der Waals surface area contributed by atoms with Crippen molar-refractivity contribution >= 4 is 5.97 Å². The van der Waals surface area contributed by atoms with E-state index in [0.29, 0.717) is 41.3 Å². The molecule has 0 unspecified atom stereocenters. The van der Waals surface area contributed by atoms with Crippen LogP contribution in [0.4, 0.5) is 13.2 Å². The van der Waals surface area contributed by atoms with Crippen LogP contribution < -0.4 is 9.47 Å². The number of carboxylic acids is 1. The highest BCUT2D eigenvalue weighted by molar-refractivity contribution is 5.67. The van der Waals surface area contributed by atoms with E-state index in [2.05, 4.69) is 6.92 Å². The van der Waals surface area contributed by atoms with Crippen LogP contribution >= 0.6 is 0 Å². The molecule has 1 aromatic heterocycles. The van der Waals surface area contributed by atoms with Gasteiger partial charge in [-0.2, -0.15) is 13.2 Å². The molecule has 0 radical (unpaired) electrons. The molecule has 0 bridgehead atoms. The van der Waals surface area contributed by atoms with Gasteiger partial charge in [0.05, 0.1) is 24.1 Å². The maximum atomic E-state index is 12.9. The van der Waals surface area contributed by atoms with Crippen LogP contribution in [0.15, 0.2) is 60.7 Å². The Morgan fingerprint density at radius 3 is 2.46 bits per heavy atom. The predicted octanol–water partition coefficient (Wildman–Crippen LogP) is 7.10. The fourth-order valence-electron chi connectivity index (χ4n) is 3.69. The molecule has 1 heterocycles. The molecule has 0 fully saturated rings. The summed E-state index contributed by atoms with van der Waals surface area (Å²) in [6.45, 7) is 2.07. The molecule has 0 amide bonds. The second-order valence-electron chi connectivity index (χ2n) is 8.14. The van der Waals surface area contributed by atoms with Gasteiger partial charge in [-0.25, -0.2) is 4.98 Å². The van der Waals surface area contributed by atoms with Crippen LogP contribution in [0, 0.1) is 0 Å². The fourth-order valence-corrected chi connectivity index (χ4v) is 3.69. The van der Waals surface area contributed by atoms with E-state index in [1.54, 1.807) is 24.3 Å². The SMILES string of the molecule is CCCC[C@H](Oc1ccc(CCC(=O)O)c(OC)c1)c1cccc(-c2ccc(C(F)(F)F)cc2)n1. The molecule has 0 saturated heterocycles. The number of alkyl halides is 3. The predicted molar refractivity (Wildman–Crippen MR) is 127 cm³/mol. The third-order valence-corrected chi connectivity index (χ3v) is 5.57. The van der Waals surface area contributed by atoms with Crippen LogP contribution in [0.1, 0.15) is 55.5 Å². The second kappa shape index (κ2) is 11.7. The number of aryl methyl sites for hydroxylation is 1. The molecule has 0 aliphatic carbocycles. The lowest BCUT2D eigenvalue weighted by molar-refractivity contribution is -0.138. The number of rotatable bonds is 11. The number of nitrogens with zero attached hydrogens (tertiary/aromatic N) is 1. The third-order valence-electron chi connectivity index (χ3n) is 5.57. The molecule has 1 atom stereocenters. The highest BCUT2D eigenvalue weighted by Gasteiger charge is 2.30. The molecule has 1 N–H and O–H groups in total. The first-order chi connectivity index (χ1) is 16.7. The third kappa shape index (κ3) is 7.21. The summed E-state index contributed by atoms with van der Waals surface area (Å²) in [6, 6.07) is 15.6. The minimum atomic E-state index is -4.39. The number of pyridine rings is 1. The van der Waals surface area contributed by atoms with Gasteiger partial charge >= 0.3 is 12.1 Å². The average Bonchev–Trinajstić information content (AvgIpc) is 2.85. The topological polar surface area (TPSA) is 68.7 Å². The second-order valence-corrected chi connectivity index (χ2v) is 8.14. The van der Waals surface area contributed by atoms with Crippen LogP contribution in [0.5, 0.6) is 11.5 Å².